The van der Waals surface area contributed by atoms with Crippen LogP contribution in [0.25, 0.3) is 0 Å². The predicted octanol–water partition coefficient (Wildman–Crippen LogP) is 2.59. The maximum atomic E-state index is 5.90. The van der Waals surface area contributed by atoms with Crippen molar-refractivity contribution in [2.45, 2.75) is 37.1 Å². The average Bonchev–Trinajstić information content (AvgIpc) is 3.17. The molecule has 0 aliphatic heterocycles. The van der Waals surface area contributed by atoms with Gasteiger partial charge in [0.1, 0.15) is 12.4 Å². The van der Waals surface area contributed by atoms with Gasteiger partial charge in [0.2, 0.25) is 0 Å². The zero-order chi connectivity index (χ0) is 20.2. The summed E-state index contributed by atoms with van der Waals surface area (Å²) in [6.07, 6.45) is 5.92. The minimum absolute atomic E-state index is 0.522. The fourth-order valence-electron chi connectivity index (χ4n) is 3.28. The van der Waals surface area contributed by atoms with E-state index in [1.165, 1.54) is 24.8 Å². The van der Waals surface area contributed by atoms with E-state index < -0.39 is 0 Å². The van der Waals surface area contributed by atoms with Crippen molar-refractivity contribution in [2.75, 3.05) is 53.8 Å². The molecule has 2 atom stereocenters. The summed E-state index contributed by atoms with van der Waals surface area (Å²) in [5.74, 6) is 1.78. The van der Waals surface area contributed by atoms with E-state index in [9.17, 15) is 0 Å². The Morgan fingerprint density at radius 2 is 2.11 bits per heavy atom. The number of nitrogens with one attached hydrogen (secondary N) is 2. The second-order valence-electron chi connectivity index (χ2n) is 7.23. The number of thioether (sulfide) groups is 1. The number of hydrogen-bond donors (Lipinski definition) is 2. The third-order valence-corrected chi connectivity index (χ3v) is 6.15. The molecular formula is C21H36N4O2S. The molecule has 2 unspecified atom stereocenters. The Hall–Kier alpha value is -1.44. The number of rotatable bonds is 11. The van der Waals surface area contributed by atoms with Gasteiger partial charge in [0.25, 0.3) is 0 Å². The summed E-state index contributed by atoms with van der Waals surface area (Å²) >= 11 is 1.97. The van der Waals surface area contributed by atoms with E-state index >= 15 is 0 Å². The Morgan fingerprint density at radius 1 is 1.29 bits per heavy atom. The van der Waals surface area contributed by atoms with E-state index in [0.29, 0.717) is 12.6 Å². The van der Waals surface area contributed by atoms with E-state index in [1.807, 2.05) is 30.9 Å². The summed E-state index contributed by atoms with van der Waals surface area (Å²) in [5, 5.41) is 7.76. The molecule has 0 aromatic heterocycles. The minimum Gasteiger partial charge on any atom is -0.492 e. The summed E-state index contributed by atoms with van der Waals surface area (Å²) < 4.78 is 11.0. The van der Waals surface area contributed by atoms with Gasteiger partial charge < -0.3 is 25.0 Å². The molecule has 1 fully saturated rings. The van der Waals surface area contributed by atoms with Crippen molar-refractivity contribution in [3.05, 3.63) is 29.8 Å². The quantitative estimate of drug-likeness (QED) is 0.434. The van der Waals surface area contributed by atoms with Crippen LogP contribution in [0, 0.1) is 0 Å². The highest BCUT2D eigenvalue weighted by Gasteiger charge is 2.24. The minimum atomic E-state index is 0.522. The number of nitrogens with zero attached hydrogens (tertiary/aromatic N) is 2. The molecule has 0 radical (unpaired) electrons. The largest absolute Gasteiger partial charge is 0.492 e. The molecule has 1 aromatic rings. The number of benzene rings is 1. The van der Waals surface area contributed by atoms with Gasteiger partial charge in [-0.05, 0) is 50.3 Å². The fraction of sp³-hybridized carbons (Fsp3) is 0.667. The molecule has 0 spiro atoms. The van der Waals surface area contributed by atoms with E-state index in [-0.39, 0.29) is 0 Å². The van der Waals surface area contributed by atoms with Crippen LogP contribution in [0.1, 0.15) is 24.8 Å². The van der Waals surface area contributed by atoms with Crippen LogP contribution >= 0.6 is 11.8 Å². The monoisotopic (exact) mass is 408 g/mol. The molecule has 0 saturated heterocycles. The Morgan fingerprint density at radius 3 is 2.82 bits per heavy atom. The van der Waals surface area contributed by atoms with Gasteiger partial charge in [0, 0.05) is 45.1 Å². The van der Waals surface area contributed by atoms with Crippen LogP contribution in [0.4, 0.5) is 0 Å². The molecule has 7 heteroatoms. The molecule has 158 valence electrons. The molecule has 1 aromatic carbocycles. The van der Waals surface area contributed by atoms with Crippen LogP contribution in [0.3, 0.4) is 0 Å². The molecule has 0 heterocycles. The van der Waals surface area contributed by atoms with E-state index in [2.05, 4.69) is 46.0 Å². The first-order valence-corrected chi connectivity index (χ1v) is 11.3. The number of hydrogen-bond acceptors (Lipinski definition) is 5. The first-order valence-electron chi connectivity index (χ1n) is 10.0. The van der Waals surface area contributed by atoms with E-state index in [4.69, 9.17) is 9.47 Å². The summed E-state index contributed by atoms with van der Waals surface area (Å²) in [7, 11) is 5.63. The summed E-state index contributed by atoms with van der Waals surface area (Å²) in [4.78, 5) is 6.58. The summed E-state index contributed by atoms with van der Waals surface area (Å²) in [5.41, 5.74) is 1.18. The molecule has 0 bridgehead atoms. The second-order valence-corrected chi connectivity index (χ2v) is 8.37. The van der Waals surface area contributed by atoms with Crippen molar-refractivity contribution in [3.63, 3.8) is 0 Å². The van der Waals surface area contributed by atoms with E-state index in [0.717, 1.165) is 43.2 Å². The number of guanidine groups is 1. The molecule has 0 amide bonds. The third-order valence-electron chi connectivity index (χ3n) is 5.06. The lowest BCUT2D eigenvalue weighted by Gasteiger charge is -2.18. The molecule has 1 aliphatic rings. The lowest BCUT2D eigenvalue weighted by atomic mass is 10.2. The zero-order valence-corrected chi connectivity index (χ0v) is 18.6. The molecule has 1 aliphatic carbocycles. The molecular weight excluding hydrogens is 372 g/mol. The van der Waals surface area contributed by atoms with Gasteiger partial charge in [0.15, 0.2) is 5.96 Å². The van der Waals surface area contributed by atoms with Gasteiger partial charge in [-0.2, -0.15) is 11.8 Å². The Bertz CT molecular complexity index is 600. The average molecular weight is 409 g/mol. The highest BCUT2D eigenvalue weighted by molar-refractivity contribution is 7.99. The maximum Gasteiger partial charge on any atom is 0.191 e. The standard InChI is InChI=1S/C21H36N4O2S/c1-22-21(24-18-8-9-20(15-18)28-4)23-16-17-6-5-7-19(14-17)27-13-11-25(2)10-12-26-3/h5-7,14,18,20H,8-13,15-16H2,1-4H3,(H2,22,23,24). The fourth-order valence-corrected chi connectivity index (χ4v) is 4.08. The van der Waals surface area contributed by atoms with Crippen LogP contribution in [0.15, 0.2) is 29.3 Å². The predicted molar refractivity (Wildman–Crippen MR) is 120 cm³/mol. The molecule has 2 N–H and O–H groups in total. The number of aliphatic imine (C=N–C) groups is 1. The van der Waals surface area contributed by atoms with Crippen LogP contribution in [-0.2, 0) is 11.3 Å². The highest BCUT2D eigenvalue weighted by Crippen LogP contribution is 2.28. The van der Waals surface area contributed by atoms with Crippen molar-refractivity contribution in [2.24, 2.45) is 4.99 Å². The topological polar surface area (TPSA) is 58.1 Å². The van der Waals surface area contributed by atoms with Crippen LogP contribution < -0.4 is 15.4 Å². The third kappa shape index (κ3) is 8.29. The first kappa shape index (κ1) is 22.8. The van der Waals surface area contributed by atoms with Gasteiger partial charge in [0.05, 0.1) is 6.61 Å². The normalized spacial score (nSPS) is 19.8. The number of likely N-dealkylation sites (N-methyl/N-ethyl adjacent to an activating group) is 1. The van der Waals surface area contributed by atoms with Gasteiger partial charge in [-0.3, -0.25) is 4.99 Å². The second kappa shape index (κ2) is 12.9. The van der Waals surface area contributed by atoms with Crippen LogP contribution in [-0.4, -0.2) is 75.9 Å². The first-order chi connectivity index (χ1) is 13.6. The summed E-state index contributed by atoms with van der Waals surface area (Å²) in [6.45, 7) is 3.92. The van der Waals surface area contributed by atoms with Gasteiger partial charge in [-0.15, -0.1) is 0 Å². The Labute approximate surface area is 174 Å². The van der Waals surface area contributed by atoms with Crippen molar-refractivity contribution < 1.29 is 9.47 Å². The van der Waals surface area contributed by atoms with Crippen molar-refractivity contribution >= 4 is 17.7 Å². The van der Waals surface area contributed by atoms with Crippen molar-refractivity contribution in [1.82, 2.24) is 15.5 Å². The van der Waals surface area contributed by atoms with Crippen molar-refractivity contribution in [3.8, 4) is 5.75 Å². The smallest absolute Gasteiger partial charge is 0.191 e. The van der Waals surface area contributed by atoms with E-state index in [1.54, 1.807) is 7.11 Å². The van der Waals surface area contributed by atoms with Gasteiger partial charge in [-0.25, -0.2) is 0 Å². The van der Waals surface area contributed by atoms with Gasteiger partial charge >= 0.3 is 0 Å². The number of ether oxygens (including phenoxy) is 2. The van der Waals surface area contributed by atoms with Crippen LogP contribution in [0.5, 0.6) is 5.75 Å². The maximum absolute atomic E-state index is 5.90. The molecule has 6 nitrogen and oxygen atoms in total. The summed E-state index contributed by atoms with van der Waals surface area (Å²) in [6, 6.07) is 8.77. The Kier molecular flexibility index (Phi) is 10.5. The lowest BCUT2D eigenvalue weighted by Crippen LogP contribution is -2.42. The SMILES string of the molecule is CN=C(NCc1cccc(OCCN(C)CCOC)c1)NC1CCC(SC)C1. The highest BCUT2D eigenvalue weighted by atomic mass is 32.2. The molecule has 1 saturated carbocycles. The van der Waals surface area contributed by atoms with Gasteiger partial charge in [-0.1, -0.05) is 12.1 Å². The van der Waals surface area contributed by atoms with Crippen LogP contribution in [0.2, 0.25) is 0 Å². The van der Waals surface area contributed by atoms with Crippen molar-refractivity contribution in [1.29, 1.82) is 0 Å². The molecule has 2 rings (SSSR count). The zero-order valence-electron chi connectivity index (χ0n) is 17.7. The molecule has 28 heavy (non-hydrogen) atoms. The number of methoxy groups -OCH3 is 1. The lowest BCUT2D eigenvalue weighted by molar-refractivity contribution is 0.150. The Balaban J connectivity index is 1.74.